The van der Waals surface area contributed by atoms with Gasteiger partial charge in [0.25, 0.3) is 0 Å². The average Bonchev–Trinajstić information content (AvgIpc) is 2.28. The molecule has 3 nitrogen and oxygen atoms in total. The molecular weight excluding hydrogens is 231 g/mol. The number of pyridine rings is 2. The van der Waals surface area contributed by atoms with E-state index in [0.717, 1.165) is 11.8 Å². The van der Waals surface area contributed by atoms with Crippen LogP contribution in [0.15, 0.2) is 24.4 Å². The van der Waals surface area contributed by atoms with Gasteiger partial charge in [0.1, 0.15) is 5.69 Å². The van der Waals surface area contributed by atoms with Crippen molar-refractivity contribution in [2.45, 2.75) is 13.1 Å². The van der Waals surface area contributed by atoms with Crippen molar-refractivity contribution in [2.24, 2.45) is 0 Å². The second kappa shape index (κ2) is 4.20. The van der Waals surface area contributed by atoms with Crippen LogP contribution in [0.3, 0.4) is 0 Å². The van der Waals surface area contributed by atoms with Crippen LogP contribution in [0.2, 0.25) is 0 Å². The minimum absolute atomic E-state index is 0.0956. The van der Waals surface area contributed by atoms with E-state index in [2.05, 4.69) is 15.3 Å². The highest BCUT2D eigenvalue weighted by atomic mass is 19.4. The Morgan fingerprint density at radius 1 is 1.24 bits per heavy atom. The molecule has 0 unspecified atom stereocenters. The van der Waals surface area contributed by atoms with Gasteiger partial charge in [-0.1, -0.05) is 0 Å². The molecule has 0 aliphatic heterocycles. The van der Waals surface area contributed by atoms with E-state index in [1.165, 1.54) is 12.3 Å². The van der Waals surface area contributed by atoms with Gasteiger partial charge in [-0.25, -0.2) is 9.97 Å². The lowest BCUT2D eigenvalue weighted by atomic mass is 10.2. The maximum Gasteiger partial charge on any atom is 0.433 e. The molecule has 0 aliphatic carbocycles. The normalized spacial score (nSPS) is 11.8. The van der Waals surface area contributed by atoms with E-state index in [9.17, 15) is 13.2 Å². The topological polar surface area (TPSA) is 37.8 Å². The fourth-order valence-corrected chi connectivity index (χ4v) is 1.53. The van der Waals surface area contributed by atoms with Crippen molar-refractivity contribution in [3.8, 4) is 0 Å². The molecule has 2 aromatic rings. The standard InChI is InChI=1S/C11H10F3N3/c1-2-15-8-5-6-16-10-7(8)3-4-9(17-10)11(12,13)14/h3-6H,2H2,1H3,(H,15,16,17). The molecule has 2 rings (SSSR count). The third-order valence-corrected chi connectivity index (χ3v) is 2.26. The Morgan fingerprint density at radius 3 is 2.65 bits per heavy atom. The van der Waals surface area contributed by atoms with Crippen molar-refractivity contribution in [3.63, 3.8) is 0 Å². The van der Waals surface area contributed by atoms with Crippen LogP contribution >= 0.6 is 0 Å². The van der Waals surface area contributed by atoms with Crippen LogP contribution in [0.4, 0.5) is 18.9 Å². The molecule has 0 radical (unpaired) electrons. The first-order chi connectivity index (χ1) is 8.02. The summed E-state index contributed by atoms with van der Waals surface area (Å²) in [4.78, 5) is 7.36. The number of halogens is 3. The highest BCUT2D eigenvalue weighted by Gasteiger charge is 2.32. The van der Waals surface area contributed by atoms with Gasteiger partial charge in [-0.2, -0.15) is 13.2 Å². The van der Waals surface area contributed by atoms with Gasteiger partial charge in [0.15, 0.2) is 5.65 Å². The van der Waals surface area contributed by atoms with Crippen LogP contribution in [0.1, 0.15) is 12.6 Å². The monoisotopic (exact) mass is 241 g/mol. The number of nitrogens with zero attached hydrogens (tertiary/aromatic N) is 2. The van der Waals surface area contributed by atoms with Crippen molar-refractivity contribution in [1.29, 1.82) is 0 Å². The maximum absolute atomic E-state index is 12.5. The summed E-state index contributed by atoms with van der Waals surface area (Å²) in [5, 5.41) is 3.63. The molecule has 0 aromatic carbocycles. The molecule has 0 saturated carbocycles. The summed E-state index contributed by atoms with van der Waals surface area (Å²) in [6.07, 6.45) is -3.00. The molecule has 0 amide bonds. The zero-order valence-corrected chi connectivity index (χ0v) is 9.04. The minimum atomic E-state index is -4.44. The molecule has 1 N–H and O–H groups in total. The Labute approximate surface area is 95.7 Å². The van der Waals surface area contributed by atoms with Crippen molar-refractivity contribution in [2.75, 3.05) is 11.9 Å². The predicted molar refractivity (Wildman–Crippen MR) is 58.7 cm³/mol. The summed E-state index contributed by atoms with van der Waals surface area (Å²) in [5.74, 6) is 0. The lowest BCUT2D eigenvalue weighted by molar-refractivity contribution is -0.141. The van der Waals surface area contributed by atoms with Crippen LogP contribution in [-0.2, 0) is 6.18 Å². The van der Waals surface area contributed by atoms with Crippen LogP contribution in [0.5, 0.6) is 0 Å². The summed E-state index contributed by atoms with van der Waals surface area (Å²) < 4.78 is 37.4. The van der Waals surface area contributed by atoms with E-state index in [0.29, 0.717) is 11.9 Å². The molecule has 0 fully saturated rings. The first-order valence-corrected chi connectivity index (χ1v) is 5.09. The van der Waals surface area contributed by atoms with E-state index in [-0.39, 0.29) is 5.65 Å². The first kappa shape index (κ1) is 11.6. The third-order valence-electron chi connectivity index (χ3n) is 2.26. The van der Waals surface area contributed by atoms with Gasteiger partial charge in [0, 0.05) is 23.8 Å². The van der Waals surface area contributed by atoms with Gasteiger partial charge >= 0.3 is 6.18 Å². The Morgan fingerprint density at radius 2 is 2.00 bits per heavy atom. The molecular formula is C11H10F3N3. The van der Waals surface area contributed by atoms with Crippen molar-refractivity contribution in [1.82, 2.24) is 9.97 Å². The number of anilines is 1. The lowest BCUT2D eigenvalue weighted by Crippen LogP contribution is -2.08. The largest absolute Gasteiger partial charge is 0.433 e. The quantitative estimate of drug-likeness (QED) is 0.877. The number of fused-ring (bicyclic) bond motifs is 1. The lowest BCUT2D eigenvalue weighted by Gasteiger charge is -2.09. The second-order valence-electron chi connectivity index (χ2n) is 3.45. The van der Waals surface area contributed by atoms with E-state index >= 15 is 0 Å². The molecule has 2 aromatic heterocycles. The summed E-state index contributed by atoms with van der Waals surface area (Å²) >= 11 is 0. The SMILES string of the molecule is CCNc1ccnc2nc(C(F)(F)F)ccc12. The fraction of sp³-hybridized carbons (Fsp3) is 0.273. The molecule has 2 heterocycles. The van der Waals surface area contributed by atoms with Crippen LogP contribution < -0.4 is 5.32 Å². The summed E-state index contributed by atoms with van der Waals surface area (Å²) in [6.45, 7) is 2.59. The Hall–Kier alpha value is -1.85. The molecule has 90 valence electrons. The second-order valence-corrected chi connectivity index (χ2v) is 3.45. The predicted octanol–water partition coefficient (Wildman–Crippen LogP) is 3.08. The van der Waals surface area contributed by atoms with Crippen LogP contribution in [0.25, 0.3) is 11.0 Å². The van der Waals surface area contributed by atoms with Crippen molar-refractivity contribution < 1.29 is 13.2 Å². The maximum atomic E-state index is 12.5. The number of alkyl halides is 3. The molecule has 17 heavy (non-hydrogen) atoms. The summed E-state index contributed by atoms with van der Waals surface area (Å²) in [5.41, 5.74) is -0.0943. The highest BCUT2D eigenvalue weighted by Crippen LogP contribution is 2.30. The molecule has 0 atom stereocenters. The van der Waals surface area contributed by atoms with Gasteiger partial charge in [-0.15, -0.1) is 0 Å². The number of rotatable bonds is 2. The van der Waals surface area contributed by atoms with Crippen molar-refractivity contribution in [3.05, 3.63) is 30.1 Å². The van der Waals surface area contributed by atoms with Gasteiger partial charge in [0.05, 0.1) is 0 Å². The molecule has 0 bridgehead atoms. The summed E-state index contributed by atoms with van der Waals surface area (Å²) in [7, 11) is 0. The highest BCUT2D eigenvalue weighted by molar-refractivity contribution is 5.88. The number of aromatic nitrogens is 2. The Balaban J connectivity index is 2.57. The van der Waals surface area contributed by atoms with Gasteiger partial charge in [-0.05, 0) is 25.1 Å². The number of hydrogen-bond donors (Lipinski definition) is 1. The number of hydrogen-bond acceptors (Lipinski definition) is 3. The smallest absolute Gasteiger partial charge is 0.385 e. The third kappa shape index (κ3) is 2.30. The zero-order valence-electron chi connectivity index (χ0n) is 9.04. The van der Waals surface area contributed by atoms with E-state index in [1.54, 1.807) is 6.07 Å². The van der Waals surface area contributed by atoms with Crippen molar-refractivity contribution >= 4 is 16.7 Å². The Bertz CT molecular complexity index is 537. The zero-order chi connectivity index (χ0) is 12.5. The molecule has 6 heteroatoms. The Kier molecular flexibility index (Phi) is 2.87. The van der Waals surface area contributed by atoms with Gasteiger partial charge in [0.2, 0.25) is 0 Å². The van der Waals surface area contributed by atoms with E-state index in [1.807, 2.05) is 6.92 Å². The van der Waals surface area contributed by atoms with Gasteiger partial charge < -0.3 is 5.32 Å². The van der Waals surface area contributed by atoms with E-state index in [4.69, 9.17) is 0 Å². The molecule has 0 spiro atoms. The molecule has 0 saturated heterocycles. The van der Waals surface area contributed by atoms with Crippen LogP contribution in [-0.4, -0.2) is 16.5 Å². The summed E-state index contributed by atoms with van der Waals surface area (Å²) in [6, 6.07) is 4.06. The van der Waals surface area contributed by atoms with E-state index < -0.39 is 11.9 Å². The minimum Gasteiger partial charge on any atom is -0.385 e. The van der Waals surface area contributed by atoms with Gasteiger partial charge in [-0.3, -0.25) is 0 Å². The average molecular weight is 241 g/mol. The number of nitrogens with one attached hydrogen (secondary N) is 1. The van der Waals surface area contributed by atoms with Crippen LogP contribution in [0, 0.1) is 0 Å². The fourth-order valence-electron chi connectivity index (χ4n) is 1.53. The molecule has 0 aliphatic rings. The first-order valence-electron chi connectivity index (χ1n) is 5.09.